The van der Waals surface area contributed by atoms with Gasteiger partial charge in [0, 0.05) is 18.7 Å². The molecule has 27 heavy (non-hydrogen) atoms. The van der Waals surface area contributed by atoms with Gasteiger partial charge in [0.15, 0.2) is 0 Å². The minimum Gasteiger partial charge on any atom is -0.480 e. The second-order valence-electron chi connectivity index (χ2n) is 5.97. The number of nitrogens with zero attached hydrogens (tertiary/aromatic N) is 2. The molecule has 0 bridgehead atoms. The van der Waals surface area contributed by atoms with Crippen molar-refractivity contribution < 1.29 is 23.5 Å². The van der Waals surface area contributed by atoms with Crippen LogP contribution in [-0.2, 0) is 22.4 Å². The zero-order valence-corrected chi connectivity index (χ0v) is 14.0. The Labute approximate surface area is 152 Å². The third kappa shape index (κ3) is 4.81. The number of benzene rings is 2. The van der Waals surface area contributed by atoms with Crippen LogP contribution in [0, 0.1) is 11.6 Å². The summed E-state index contributed by atoms with van der Waals surface area (Å²) in [6.07, 6.45) is 1.03. The number of aromatic nitrogens is 2. The van der Waals surface area contributed by atoms with Crippen LogP contribution in [0.25, 0.3) is 11.0 Å². The third-order valence-electron chi connectivity index (χ3n) is 3.83. The Morgan fingerprint density at radius 2 is 1.74 bits per heavy atom. The minimum atomic E-state index is -1.25. The molecule has 138 valence electrons. The van der Waals surface area contributed by atoms with E-state index in [-0.39, 0.29) is 18.4 Å². The molecule has 1 aromatic heterocycles. The molecule has 3 aromatic rings. The van der Waals surface area contributed by atoms with Gasteiger partial charge in [0.05, 0.1) is 23.1 Å². The van der Waals surface area contributed by atoms with Crippen LogP contribution in [-0.4, -0.2) is 33.0 Å². The molecule has 3 rings (SSSR count). The van der Waals surface area contributed by atoms with Crippen LogP contribution in [0.15, 0.2) is 48.7 Å². The summed E-state index contributed by atoms with van der Waals surface area (Å²) in [6.45, 7) is 0. The first-order chi connectivity index (χ1) is 12.9. The van der Waals surface area contributed by atoms with E-state index in [1.165, 1.54) is 6.20 Å². The van der Waals surface area contributed by atoms with E-state index in [0.717, 1.165) is 12.1 Å². The normalized spacial score (nSPS) is 11.9. The van der Waals surface area contributed by atoms with Gasteiger partial charge in [-0.25, -0.2) is 18.6 Å². The monoisotopic (exact) mass is 371 g/mol. The van der Waals surface area contributed by atoms with Crippen molar-refractivity contribution in [1.82, 2.24) is 15.3 Å². The highest BCUT2D eigenvalue weighted by Crippen LogP contribution is 2.11. The summed E-state index contributed by atoms with van der Waals surface area (Å²) in [5.41, 5.74) is 1.80. The Bertz CT molecular complexity index is 990. The van der Waals surface area contributed by atoms with Crippen LogP contribution in [0.3, 0.4) is 0 Å². The van der Waals surface area contributed by atoms with E-state index < -0.39 is 29.6 Å². The largest absolute Gasteiger partial charge is 0.480 e. The molecule has 8 heteroatoms. The van der Waals surface area contributed by atoms with Crippen molar-refractivity contribution in [2.45, 2.75) is 18.9 Å². The molecule has 1 heterocycles. The number of carboxylic acids is 1. The molecule has 1 atom stereocenters. The first kappa shape index (κ1) is 18.4. The fourth-order valence-electron chi connectivity index (χ4n) is 2.65. The van der Waals surface area contributed by atoms with Crippen LogP contribution >= 0.6 is 0 Å². The molecule has 0 saturated carbocycles. The van der Waals surface area contributed by atoms with Crippen molar-refractivity contribution in [1.29, 1.82) is 0 Å². The van der Waals surface area contributed by atoms with Gasteiger partial charge in [0.2, 0.25) is 5.91 Å². The molecule has 0 saturated heterocycles. The molecule has 1 amide bonds. The maximum absolute atomic E-state index is 13.2. The molecular formula is C19H15F2N3O3. The summed E-state index contributed by atoms with van der Waals surface area (Å²) in [6, 6.07) is 8.62. The standard InChI is InChI=1S/C19H15F2N3O3/c20-12-5-11(6-13(21)8-12)7-18(25)24-17(19(26)27)9-14-10-22-15-3-1-2-4-16(15)23-14/h1-6,8,10,17H,7,9H2,(H,24,25)(H,26,27)/t17-/m1/s1. The zero-order chi connectivity index (χ0) is 19.4. The van der Waals surface area contributed by atoms with Crippen LogP contribution in [0.2, 0.25) is 0 Å². The molecule has 0 aliphatic heterocycles. The Hall–Kier alpha value is -3.42. The number of carbonyl (C=O) groups is 2. The molecule has 0 aliphatic rings. The maximum atomic E-state index is 13.2. The van der Waals surface area contributed by atoms with E-state index in [4.69, 9.17) is 0 Å². The van der Waals surface area contributed by atoms with E-state index in [2.05, 4.69) is 15.3 Å². The first-order valence-corrected chi connectivity index (χ1v) is 8.08. The first-order valence-electron chi connectivity index (χ1n) is 8.08. The van der Waals surface area contributed by atoms with Gasteiger partial charge in [0.1, 0.15) is 17.7 Å². The quantitative estimate of drug-likeness (QED) is 0.693. The number of halogens is 2. The molecule has 0 spiro atoms. The van der Waals surface area contributed by atoms with E-state index in [0.29, 0.717) is 22.8 Å². The topological polar surface area (TPSA) is 92.2 Å². The van der Waals surface area contributed by atoms with Crippen LogP contribution in [0.4, 0.5) is 8.78 Å². The molecule has 2 N–H and O–H groups in total. The lowest BCUT2D eigenvalue weighted by atomic mass is 10.1. The summed E-state index contributed by atoms with van der Waals surface area (Å²) in [5, 5.41) is 11.7. The fraction of sp³-hybridized carbons (Fsp3) is 0.158. The van der Waals surface area contributed by atoms with Crippen molar-refractivity contribution in [2.24, 2.45) is 0 Å². The zero-order valence-electron chi connectivity index (χ0n) is 14.0. The van der Waals surface area contributed by atoms with Gasteiger partial charge in [-0.2, -0.15) is 0 Å². The lowest BCUT2D eigenvalue weighted by Crippen LogP contribution is -2.43. The second-order valence-corrected chi connectivity index (χ2v) is 5.97. The van der Waals surface area contributed by atoms with Gasteiger partial charge in [-0.15, -0.1) is 0 Å². The van der Waals surface area contributed by atoms with Gasteiger partial charge < -0.3 is 10.4 Å². The van der Waals surface area contributed by atoms with Gasteiger partial charge in [-0.1, -0.05) is 12.1 Å². The average molecular weight is 371 g/mol. The Morgan fingerprint density at radius 1 is 1.07 bits per heavy atom. The number of carbonyl (C=O) groups excluding carboxylic acids is 1. The number of amides is 1. The summed E-state index contributed by atoms with van der Waals surface area (Å²) >= 11 is 0. The number of carboxylic acid groups (broad SMARTS) is 1. The van der Waals surface area contributed by atoms with Gasteiger partial charge >= 0.3 is 5.97 Å². The van der Waals surface area contributed by atoms with Crippen molar-refractivity contribution in [2.75, 3.05) is 0 Å². The second kappa shape index (κ2) is 7.86. The van der Waals surface area contributed by atoms with Crippen molar-refractivity contribution in [3.63, 3.8) is 0 Å². The molecule has 0 aliphatic carbocycles. The summed E-state index contributed by atoms with van der Waals surface area (Å²) < 4.78 is 26.4. The number of rotatable bonds is 6. The van der Waals surface area contributed by atoms with E-state index >= 15 is 0 Å². The number of fused-ring (bicyclic) bond motifs is 1. The number of aliphatic carboxylic acids is 1. The lowest BCUT2D eigenvalue weighted by molar-refractivity contribution is -0.141. The van der Waals surface area contributed by atoms with E-state index in [1.54, 1.807) is 18.2 Å². The molecule has 0 unspecified atom stereocenters. The predicted octanol–water partition coefficient (Wildman–Crippen LogP) is 2.26. The highest BCUT2D eigenvalue weighted by molar-refractivity contribution is 5.85. The molecule has 0 radical (unpaired) electrons. The summed E-state index contributed by atoms with van der Waals surface area (Å²) in [5.74, 6) is -3.53. The molecule has 0 fully saturated rings. The number of para-hydroxylation sites is 2. The van der Waals surface area contributed by atoms with E-state index in [1.807, 2.05) is 6.07 Å². The highest BCUT2D eigenvalue weighted by Gasteiger charge is 2.21. The third-order valence-corrected chi connectivity index (χ3v) is 3.83. The SMILES string of the molecule is O=C(Cc1cc(F)cc(F)c1)N[C@H](Cc1cnc2ccccc2n1)C(=O)O. The number of nitrogens with one attached hydrogen (secondary N) is 1. The van der Waals surface area contributed by atoms with Crippen LogP contribution in [0.1, 0.15) is 11.3 Å². The summed E-state index contributed by atoms with van der Waals surface area (Å²) in [4.78, 5) is 32.1. The lowest BCUT2D eigenvalue weighted by Gasteiger charge is -2.14. The Balaban J connectivity index is 1.71. The molecule has 2 aromatic carbocycles. The smallest absolute Gasteiger partial charge is 0.326 e. The Morgan fingerprint density at radius 3 is 2.41 bits per heavy atom. The number of hydrogen-bond donors (Lipinski definition) is 2. The van der Waals surface area contributed by atoms with Crippen molar-refractivity contribution in [3.05, 3.63) is 71.6 Å². The molecular weight excluding hydrogens is 356 g/mol. The van der Waals surface area contributed by atoms with E-state index in [9.17, 15) is 23.5 Å². The van der Waals surface area contributed by atoms with Crippen molar-refractivity contribution >= 4 is 22.9 Å². The fourth-order valence-corrected chi connectivity index (χ4v) is 2.65. The number of hydrogen-bond acceptors (Lipinski definition) is 4. The van der Waals surface area contributed by atoms with Gasteiger partial charge in [-0.3, -0.25) is 9.78 Å². The predicted molar refractivity (Wildman–Crippen MR) is 92.9 cm³/mol. The molecule has 6 nitrogen and oxygen atoms in total. The Kier molecular flexibility index (Phi) is 5.35. The van der Waals surface area contributed by atoms with Crippen molar-refractivity contribution in [3.8, 4) is 0 Å². The van der Waals surface area contributed by atoms with Crippen LogP contribution in [0.5, 0.6) is 0 Å². The minimum absolute atomic E-state index is 0.0730. The van der Waals surface area contributed by atoms with Gasteiger partial charge in [-0.05, 0) is 29.8 Å². The highest BCUT2D eigenvalue weighted by atomic mass is 19.1. The maximum Gasteiger partial charge on any atom is 0.326 e. The average Bonchev–Trinajstić information content (AvgIpc) is 2.60. The van der Waals surface area contributed by atoms with Crippen LogP contribution < -0.4 is 5.32 Å². The van der Waals surface area contributed by atoms with Gasteiger partial charge in [0.25, 0.3) is 0 Å². The summed E-state index contributed by atoms with van der Waals surface area (Å²) in [7, 11) is 0.